The van der Waals surface area contributed by atoms with Gasteiger partial charge in [0.1, 0.15) is 17.2 Å². The molecule has 1 fully saturated rings. The van der Waals surface area contributed by atoms with Crippen molar-refractivity contribution in [2.24, 2.45) is 0 Å². The van der Waals surface area contributed by atoms with Crippen molar-refractivity contribution in [2.45, 2.75) is 4.90 Å². The lowest BCUT2D eigenvalue weighted by Gasteiger charge is -2.26. The van der Waals surface area contributed by atoms with Gasteiger partial charge in [-0.25, -0.2) is 8.42 Å². The van der Waals surface area contributed by atoms with Gasteiger partial charge in [0.15, 0.2) is 0 Å². The number of methoxy groups -OCH3 is 3. The highest BCUT2D eigenvalue weighted by molar-refractivity contribution is 7.89. The molecule has 9 nitrogen and oxygen atoms in total. The van der Waals surface area contributed by atoms with E-state index in [0.29, 0.717) is 30.4 Å². The summed E-state index contributed by atoms with van der Waals surface area (Å²) >= 11 is 0. The summed E-state index contributed by atoms with van der Waals surface area (Å²) in [7, 11) is 0.635. The molecule has 2 aromatic rings. The first-order valence-corrected chi connectivity index (χ1v) is 10.6. The van der Waals surface area contributed by atoms with Gasteiger partial charge in [-0.3, -0.25) is 4.79 Å². The quantitative estimate of drug-likeness (QED) is 0.708. The Morgan fingerprint density at radius 1 is 0.967 bits per heavy atom. The molecule has 0 radical (unpaired) electrons. The number of carbonyl (C=O) groups is 1. The standard InChI is InChI=1S/C20H24N2O7S/c1-26-14-4-6-19(28-3)17(12-14)21-20(23)16-13-15(5-7-18(16)27-2)30(24,25)22-8-10-29-11-9-22/h4-7,12-13H,8-11H2,1-3H3,(H,21,23). The normalized spacial score (nSPS) is 14.8. The molecule has 0 unspecified atom stereocenters. The lowest BCUT2D eigenvalue weighted by molar-refractivity contribution is 0.0730. The Morgan fingerprint density at radius 3 is 2.27 bits per heavy atom. The summed E-state index contributed by atoms with van der Waals surface area (Å²) in [6.45, 7) is 1.19. The average Bonchev–Trinajstić information content (AvgIpc) is 2.79. The number of hydrogen-bond acceptors (Lipinski definition) is 7. The highest BCUT2D eigenvalue weighted by atomic mass is 32.2. The highest BCUT2D eigenvalue weighted by Gasteiger charge is 2.28. The summed E-state index contributed by atoms with van der Waals surface area (Å²) < 4.78 is 48.2. The lowest BCUT2D eigenvalue weighted by atomic mass is 10.1. The van der Waals surface area contributed by atoms with E-state index < -0.39 is 15.9 Å². The van der Waals surface area contributed by atoms with Gasteiger partial charge >= 0.3 is 0 Å². The monoisotopic (exact) mass is 436 g/mol. The second-order valence-electron chi connectivity index (χ2n) is 6.40. The Balaban J connectivity index is 1.95. The number of morpholine rings is 1. The minimum atomic E-state index is -3.77. The number of carbonyl (C=O) groups excluding carboxylic acids is 1. The fourth-order valence-electron chi connectivity index (χ4n) is 3.06. The Bertz CT molecular complexity index is 1020. The summed E-state index contributed by atoms with van der Waals surface area (Å²) in [5.41, 5.74) is 0.460. The van der Waals surface area contributed by atoms with E-state index in [1.807, 2.05) is 0 Å². The zero-order valence-corrected chi connectivity index (χ0v) is 17.8. The van der Waals surface area contributed by atoms with E-state index >= 15 is 0 Å². The van der Waals surface area contributed by atoms with Crippen molar-refractivity contribution in [2.75, 3.05) is 52.9 Å². The van der Waals surface area contributed by atoms with Gasteiger partial charge in [-0.15, -0.1) is 0 Å². The maximum Gasteiger partial charge on any atom is 0.259 e. The molecular weight excluding hydrogens is 412 g/mol. The fraction of sp³-hybridized carbons (Fsp3) is 0.350. The van der Waals surface area contributed by atoms with E-state index in [0.717, 1.165) is 0 Å². The first-order valence-electron chi connectivity index (χ1n) is 9.20. The maximum absolute atomic E-state index is 13.0. The minimum absolute atomic E-state index is 0.00737. The molecule has 1 aliphatic heterocycles. The van der Waals surface area contributed by atoms with Gasteiger partial charge in [0.25, 0.3) is 5.91 Å². The van der Waals surface area contributed by atoms with Crippen LogP contribution in [-0.2, 0) is 14.8 Å². The smallest absolute Gasteiger partial charge is 0.259 e. The molecule has 0 spiro atoms. The molecular formula is C20H24N2O7S. The van der Waals surface area contributed by atoms with Gasteiger partial charge in [0.05, 0.1) is 50.7 Å². The van der Waals surface area contributed by atoms with E-state index in [-0.39, 0.29) is 29.3 Å². The molecule has 30 heavy (non-hydrogen) atoms. The molecule has 1 heterocycles. The zero-order chi connectivity index (χ0) is 21.7. The van der Waals surface area contributed by atoms with Crippen molar-refractivity contribution in [1.82, 2.24) is 4.31 Å². The third kappa shape index (κ3) is 4.50. The third-order valence-corrected chi connectivity index (χ3v) is 6.57. The topological polar surface area (TPSA) is 103 Å². The van der Waals surface area contributed by atoms with Crippen LogP contribution < -0.4 is 19.5 Å². The number of amides is 1. The second-order valence-corrected chi connectivity index (χ2v) is 8.34. The van der Waals surface area contributed by atoms with Crippen LogP contribution in [0.1, 0.15) is 10.4 Å². The molecule has 0 saturated carbocycles. The van der Waals surface area contributed by atoms with Crippen molar-refractivity contribution < 1.29 is 32.2 Å². The molecule has 3 rings (SSSR count). The molecule has 0 atom stereocenters. The van der Waals surface area contributed by atoms with E-state index in [1.54, 1.807) is 18.2 Å². The Labute approximate surface area is 175 Å². The molecule has 0 bridgehead atoms. The summed E-state index contributed by atoms with van der Waals surface area (Å²) in [6, 6.07) is 9.16. The predicted octanol–water partition coefficient (Wildman–Crippen LogP) is 1.99. The van der Waals surface area contributed by atoms with Crippen LogP contribution in [0.3, 0.4) is 0 Å². The first-order chi connectivity index (χ1) is 14.4. The number of anilines is 1. The predicted molar refractivity (Wildman–Crippen MR) is 110 cm³/mol. The van der Waals surface area contributed by atoms with Crippen LogP contribution in [0.5, 0.6) is 17.2 Å². The molecule has 1 amide bonds. The van der Waals surface area contributed by atoms with Gasteiger partial charge in [0, 0.05) is 19.2 Å². The van der Waals surface area contributed by atoms with Crippen LogP contribution >= 0.6 is 0 Å². The molecule has 0 aliphatic carbocycles. The van der Waals surface area contributed by atoms with Crippen LogP contribution in [0.15, 0.2) is 41.3 Å². The van der Waals surface area contributed by atoms with Gasteiger partial charge < -0.3 is 24.3 Å². The Hall–Kier alpha value is -2.82. The third-order valence-electron chi connectivity index (χ3n) is 4.68. The Morgan fingerprint density at radius 2 is 1.63 bits per heavy atom. The van der Waals surface area contributed by atoms with Crippen LogP contribution in [0, 0.1) is 0 Å². The Kier molecular flexibility index (Phi) is 6.80. The number of rotatable bonds is 7. The minimum Gasteiger partial charge on any atom is -0.497 e. The van der Waals surface area contributed by atoms with Crippen molar-refractivity contribution in [3.8, 4) is 17.2 Å². The molecule has 1 aliphatic rings. The number of hydrogen-bond donors (Lipinski definition) is 1. The number of nitrogens with zero attached hydrogens (tertiary/aromatic N) is 1. The largest absolute Gasteiger partial charge is 0.497 e. The SMILES string of the molecule is COc1ccc(OC)c(NC(=O)c2cc(S(=O)(=O)N3CCOCC3)ccc2OC)c1. The van der Waals surface area contributed by atoms with Crippen molar-refractivity contribution in [3.63, 3.8) is 0 Å². The van der Waals surface area contributed by atoms with Crippen molar-refractivity contribution in [3.05, 3.63) is 42.0 Å². The van der Waals surface area contributed by atoms with Crippen LogP contribution in [0.25, 0.3) is 0 Å². The number of sulfonamides is 1. The average molecular weight is 436 g/mol. The molecule has 162 valence electrons. The molecule has 2 aromatic carbocycles. The number of ether oxygens (including phenoxy) is 4. The van der Waals surface area contributed by atoms with Crippen LogP contribution in [0.2, 0.25) is 0 Å². The summed E-state index contributed by atoms with van der Waals surface area (Å²) in [4.78, 5) is 13.0. The molecule has 10 heteroatoms. The van der Waals surface area contributed by atoms with E-state index in [2.05, 4.69) is 5.32 Å². The van der Waals surface area contributed by atoms with E-state index in [4.69, 9.17) is 18.9 Å². The van der Waals surface area contributed by atoms with Gasteiger partial charge in [-0.2, -0.15) is 4.31 Å². The summed E-state index contributed by atoms with van der Waals surface area (Å²) in [6.07, 6.45) is 0. The molecule has 1 saturated heterocycles. The van der Waals surface area contributed by atoms with E-state index in [9.17, 15) is 13.2 Å². The molecule has 0 aromatic heterocycles. The van der Waals surface area contributed by atoms with Crippen molar-refractivity contribution >= 4 is 21.6 Å². The van der Waals surface area contributed by atoms with Crippen LogP contribution in [0.4, 0.5) is 5.69 Å². The molecule has 1 N–H and O–H groups in total. The van der Waals surface area contributed by atoms with Gasteiger partial charge in [-0.1, -0.05) is 0 Å². The summed E-state index contributed by atoms with van der Waals surface area (Å²) in [5.74, 6) is 0.662. The van der Waals surface area contributed by atoms with Gasteiger partial charge in [-0.05, 0) is 30.3 Å². The van der Waals surface area contributed by atoms with Gasteiger partial charge in [0.2, 0.25) is 10.0 Å². The van der Waals surface area contributed by atoms with Crippen LogP contribution in [-0.4, -0.2) is 66.3 Å². The second kappa shape index (κ2) is 9.33. The lowest BCUT2D eigenvalue weighted by Crippen LogP contribution is -2.40. The maximum atomic E-state index is 13.0. The van der Waals surface area contributed by atoms with E-state index in [1.165, 1.54) is 43.8 Å². The highest BCUT2D eigenvalue weighted by Crippen LogP contribution is 2.31. The fourth-order valence-corrected chi connectivity index (χ4v) is 4.50. The zero-order valence-electron chi connectivity index (χ0n) is 17.0. The number of benzene rings is 2. The summed E-state index contributed by atoms with van der Waals surface area (Å²) in [5, 5.41) is 2.73. The first kappa shape index (κ1) is 21.9. The van der Waals surface area contributed by atoms with Crippen molar-refractivity contribution in [1.29, 1.82) is 0 Å². The number of nitrogens with one attached hydrogen (secondary N) is 1.